The lowest BCUT2D eigenvalue weighted by Gasteiger charge is -2.18. The third kappa shape index (κ3) is 2.15. The molecule has 2 aromatic heterocycles. The van der Waals surface area contributed by atoms with Crippen LogP contribution in [0.3, 0.4) is 0 Å². The molecule has 0 aromatic carbocycles. The lowest BCUT2D eigenvalue weighted by atomic mass is 10.1. The van der Waals surface area contributed by atoms with Gasteiger partial charge in [-0.05, 0) is 22.0 Å². The Balaban J connectivity index is 2.11. The number of thiophene rings is 1. The van der Waals surface area contributed by atoms with Crippen molar-refractivity contribution < 1.29 is 4.74 Å². The molecule has 2 aromatic rings. The first kappa shape index (κ1) is 12.1. The Morgan fingerprint density at radius 3 is 3.06 bits per heavy atom. The largest absolute Gasteiger partial charge is 0.376 e. The number of fused-ring (bicyclic) bond motifs is 1. The highest BCUT2D eigenvalue weighted by atomic mass is 79.9. The molecule has 1 N–H and O–H groups in total. The zero-order valence-corrected chi connectivity index (χ0v) is 12.3. The summed E-state index contributed by atoms with van der Waals surface area (Å²) in [5, 5.41) is 5.18. The molecule has 3 heterocycles. The van der Waals surface area contributed by atoms with E-state index < -0.39 is 0 Å². The first-order chi connectivity index (χ1) is 8.78. The van der Waals surface area contributed by atoms with Crippen molar-refractivity contribution in [1.29, 1.82) is 0 Å². The molecule has 6 heteroatoms. The maximum Gasteiger partial charge on any atom is 0.171 e. The number of rotatable bonds is 2. The van der Waals surface area contributed by atoms with Gasteiger partial charge in [0.1, 0.15) is 5.82 Å². The van der Waals surface area contributed by atoms with Gasteiger partial charge < -0.3 is 10.1 Å². The van der Waals surface area contributed by atoms with Gasteiger partial charge >= 0.3 is 0 Å². The number of hydrogen-bond acceptors (Lipinski definition) is 5. The van der Waals surface area contributed by atoms with Gasteiger partial charge in [-0.2, -0.15) is 0 Å². The molecule has 0 atom stereocenters. The third-order valence-electron chi connectivity index (χ3n) is 2.85. The third-order valence-corrected chi connectivity index (χ3v) is 4.53. The Kier molecular flexibility index (Phi) is 3.32. The summed E-state index contributed by atoms with van der Waals surface area (Å²) in [6.07, 6.45) is 0.853. The standard InChI is InChI=1S/C12H12BrN3OS/c1-14-11-8-5-17-3-2-9(8)15-12(16-11)10-4-7(13)6-18-10/h4,6H,2-3,5H2,1H3,(H,14,15,16). The van der Waals surface area contributed by atoms with E-state index in [9.17, 15) is 0 Å². The van der Waals surface area contributed by atoms with E-state index in [1.54, 1.807) is 11.3 Å². The van der Waals surface area contributed by atoms with Gasteiger partial charge in [0.15, 0.2) is 5.82 Å². The number of hydrogen-bond donors (Lipinski definition) is 1. The normalized spacial score (nSPS) is 14.3. The summed E-state index contributed by atoms with van der Waals surface area (Å²) >= 11 is 5.10. The fraction of sp³-hybridized carbons (Fsp3) is 0.333. The van der Waals surface area contributed by atoms with Crippen LogP contribution < -0.4 is 5.32 Å². The summed E-state index contributed by atoms with van der Waals surface area (Å²) < 4.78 is 6.53. The predicted octanol–water partition coefficient (Wildman–Crippen LogP) is 3.08. The van der Waals surface area contributed by atoms with Crippen molar-refractivity contribution in [3.05, 3.63) is 27.2 Å². The van der Waals surface area contributed by atoms with Gasteiger partial charge in [0.2, 0.25) is 0 Å². The lowest BCUT2D eigenvalue weighted by molar-refractivity contribution is 0.109. The van der Waals surface area contributed by atoms with Crippen molar-refractivity contribution in [2.24, 2.45) is 0 Å². The van der Waals surface area contributed by atoms with Crippen LogP contribution in [0.1, 0.15) is 11.3 Å². The lowest BCUT2D eigenvalue weighted by Crippen LogP contribution is -2.15. The van der Waals surface area contributed by atoms with E-state index in [1.165, 1.54) is 0 Å². The molecular formula is C12H12BrN3OS. The van der Waals surface area contributed by atoms with Gasteiger partial charge in [-0.25, -0.2) is 9.97 Å². The SMILES string of the molecule is CNc1nc(-c2cc(Br)cs2)nc2c1COCC2. The Morgan fingerprint density at radius 1 is 1.44 bits per heavy atom. The quantitative estimate of drug-likeness (QED) is 0.921. The van der Waals surface area contributed by atoms with Crippen molar-refractivity contribution in [2.45, 2.75) is 13.0 Å². The monoisotopic (exact) mass is 325 g/mol. The molecule has 0 bridgehead atoms. The summed E-state index contributed by atoms with van der Waals surface area (Å²) in [6.45, 7) is 1.33. The zero-order chi connectivity index (χ0) is 12.5. The van der Waals surface area contributed by atoms with E-state index >= 15 is 0 Å². The second-order valence-corrected chi connectivity index (χ2v) is 5.83. The molecule has 1 aliphatic rings. The second-order valence-electron chi connectivity index (χ2n) is 4.00. The molecule has 3 rings (SSSR count). The van der Waals surface area contributed by atoms with E-state index in [4.69, 9.17) is 4.74 Å². The maximum absolute atomic E-state index is 5.46. The van der Waals surface area contributed by atoms with Gasteiger partial charge in [-0.1, -0.05) is 0 Å². The Morgan fingerprint density at radius 2 is 2.33 bits per heavy atom. The van der Waals surface area contributed by atoms with Crippen LogP contribution in [0.25, 0.3) is 10.7 Å². The van der Waals surface area contributed by atoms with Crippen molar-refractivity contribution in [3.63, 3.8) is 0 Å². The van der Waals surface area contributed by atoms with Crippen LogP contribution >= 0.6 is 27.3 Å². The Hall–Kier alpha value is -0.980. The first-order valence-electron chi connectivity index (χ1n) is 5.67. The highest BCUT2D eigenvalue weighted by Crippen LogP contribution is 2.31. The molecular weight excluding hydrogens is 314 g/mol. The molecule has 94 valence electrons. The summed E-state index contributed by atoms with van der Waals surface area (Å²) in [7, 11) is 1.88. The summed E-state index contributed by atoms with van der Waals surface area (Å²) in [6, 6.07) is 2.05. The number of nitrogens with one attached hydrogen (secondary N) is 1. The molecule has 1 aliphatic heterocycles. The van der Waals surface area contributed by atoms with Gasteiger partial charge in [0, 0.05) is 28.9 Å². The predicted molar refractivity (Wildman–Crippen MR) is 76.0 cm³/mol. The smallest absolute Gasteiger partial charge is 0.171 e. The summed E-state index contributed by atoms with van der Waals surface area (Å²) in [4.78, 5) is 10.3. The molecule has 0 saturated carbocycles. The minimum absolute atomic E-state index is 0.597. The molecule has 0 unspecified atom stereocenters. The number of aromatic nitrogens is 2. The minimum atomic E-state index is 0.597. The molecule has 0 amide bonds. The van der Waals surface area contributed by atoms with E-state index in [1.807, 2.05) is 18.5 Å². The van der Waals surface area contributed by atoms with E-state index in [0.717, 1.165) is 45.3 Å². The zero-order valence-electron chi connectivity index (χ0n) is 9.86. The van der Waals surface area contributed by atoms with Crippen molar-refractivity contribution in [1.82, 2.24) is 9.97 Å². The summed E-state index contributed by atoms with van der Waals surface area (Å²) in [5.74, 6) is 1.66. The van der Waals surface area contributed by atoms with E-state index in [2.05, 4.69) is 31.2 Å². The average molecular weight is 326 g/mol. The first-order valence-corrected chi connectivity index (χ1v) is 7.35. The second kappa shape index (κ2) is 4.95. The molecule has 0 spiro atoms. The number of nitrogens with zero attached hydrogens (tertiary/aromatic N) is 2. The number of halogens is 1. The molecule has 4 nitrogen and oxygen atoms in total. The van der Waals surface area contributed by atoms with E-state index in [0.29, 0.717) is 6.61 Å². The molecule has 0 aliphatic carbocycles. The van der Waals surface area contributed by atoms with Crippen LogP contribution in [0.2, 0.25) is 0 Å². The van der Waals surface area contributed by atoms with Crippen LogP contribution in [-0.4, -0.2) is 23.6 Å². The van der Waals surface area contributed by atoms with Crippen molar-refractivity contribution in [2.75, 3.05) is 19.0 Å². The number of ether oxygens (including phenoxy) is 1. The molecule has 18 heavy (non-hydrogen) atoms. The molecule has 0 radical (unpaired) electrons. The van der Waals surface area contributed by atoms with Gasteiger partial charge in [-0.15, -0.1) is 11.3 Å². The van der Waals surface area contributed by atoms with Gasteiger partial charge in [-0.3, -0.25) is 0 Å². The van der Waals surface area contributed by atoms with Crippen LogP contribution in [0, 0.1) is 0 Å². The van der Waals surface area contributed by atoms with Gasteiger partial charge in [0.05, 0.1) is 23.8 Å². The van der Waals surface area contributed by atoms with Crippen LogP contribution in [-0.2, 0) is 17.8 Å². The molecule has 0 saturated heterocycles. The van der Waals surface area contributed by atoms with Crippen LogP contribution in [0.4, 0.5) is 5.82 Å². The van der Waals surface area contributed by atoms with Crippen molar-refractivity contribution in [3.8, 4) is 10.7 Å². The fourth-order valence-electron chi connectivity index (χ4n) is 1.98. The summed E-state index contributed by atoms with van der Waals surface area (Å²) in [5.41, 5.74) is 2.18. The fourth-order valence-corrected chi connectivity index (χ4v) is 3.34. The Labute approximate surface area is 118 Å². The van der Waals surface area contributed by atoms with Crippen LogP contribution in [0.15, 0.2) is 15.9 Å². The van der Waals surface area contributed by atoms with E-state index in [-0.39, 0.29) is 0 Å². The topological polar surface area (TPSA) is 47.0 Å². The minimum Gasteiger partial charge on any atom is -0.376 e. The average Bonchev–Trinajstić information content (AvgIpc) is 2.84. The van der Waals surface area contributed by atoms with Gasteiger partial charge in [0.25, 0.3) is 0 Å². The van der Waals surface area contributed by atoms with Crippen molar-refractivity contribution >= 4 is 33.1 Å². The molecule has 0 fully saturated rings. The highest BCUT2D eigenvalue weighted by molar-refractivity contribution is 9.10. The maximum atomic E-state index is 5.46. The Bertz CT molecular complexity index is 567. The highest BCUT2D eigenvalue weighted by Gasteiger charge is 2.18. The van der Waals surface area contributed by atoms with Crippen LogP contribution in [0.5, 0.6) is 0 Å². The number of anilines is 1.